The fourth-order valence-electron chi connectivity index (χ4n) is 1.85. The van der Waals surface area contributed by atoms with Gasteiger partial charge in [-0.05, 0) is 36.4 Å². The molecule has 138 valence electrons. The molecule has 0 heterocycles. The summed E-state index contributed by atoms with van der Waals surface area (Å²) in [6, 6.07) is 5.40. The quantitative estimate of drug-likeness (QED) is 0.517. The summed E-state index contributed by atoms with van der Waals surface area (Å²) in [5, 5.41) is -0.668. The van der Waals surface area contributed by atoms with Crippen molar-refractivity contribution < 1.29 is 35.0 Å². The van der Waals surface area contributed by atoms with E-state index in [1.807, 2.05) is 0 Å². The van der Waals surface area contributed by atoms with E-state index >= 15 is 0 Å². The Balaban J connectivity index is 2.69. The van der Waals surface area contributed by atoms with Crippen molar-refractivity contribution in [3.05, 3.63) is 46.4 Å². The average Bonchev–Trinajstić information content (AvgIpc) is 2.45. The summed E-state index contributed by atoms with van der Waals surface area (Å²) < 4.78 is 84.8. The van der Waals surface area contributed by atoms with Gasteiger partial charge < -0.3 is 13.7 Å². The molecule has 0 radical (unpaired) electrons. The van der Waals surface area contributed by atoms with Gasteiger partial charge in [-0.3, -0.25) is 4.55 Å². The molecule has 0 saturated carbocycles. The molecule has 0 aliphatic heterocycles. The third kappa shape index (κ3) is 4.27. The van der Waals surface area contributed by atoms with Crippen LogP contribution in [0.5, 0.6) is 0 Å². The normalized spacial score (nSPS) is 13.7. The monoisotopic (exact) mass is 448 g/mol. The van der Waals surface area contributed by atoms with Crippen molar-refractivity contribution in [1.82, 2.24) is 0 Å². The van der Waals surface area contributed by atoms with Crippen LogP contribution in [-0.4, -0.2) is 35.0 Å². The number of hydrogen-bond donors (Lipinski definition) is 4. The Labute approximate surface area is 154 Å². The van der Waals surface area contributed by atoms with Crippen LogP contribution in [0.1, 0.15) is 0 Å². The van der Waals surface area contributed by atoms with Crippen molar-refractivity contribution in [2.45, 2.75) is 19.6 Å². The molecule has 0 atom stereocenters. The Morgan fingerprint density at radius 1 is 0.680 bits per heavy atom. The zero-order chi connectivity index (χ0) is 19.2. The fraction of sp³-hybridized carbons (Fsp3) is 0. The molecule has 0 aliphatic carbocycles. The SMILES string of the molecule is O=S(=O)(O)c1cc(S(=O)(=O)c2ccc(Cl)c(S(O)(O)O)c2)ccc1Cl. The summed E-state index contributed by atoms with van der Waals surface area (Å²) in [6.07, 6.45) is 0. The predicted octanol–water partition coefficient (Wildman–Crippen LogP) is 3.66. The summed E-state index contributed by atoms with van der Waals surface area (Å²) in [5.41, 5.74) is 0. The first-order valence-electron chi connectivity index (χ1n) is 6.07. The first kappa shape index (κ1) is 20.4. The summed E-state index contributed by atoms with van der Waals surface area (Å²) in [6.45, 7) is 0. The maximum atomic E-state index is 12.6. The minimum absolute atomic E-state index is 0.281. The van der Waals surface area contributed by atoms with E-state index in [1.165, 1.54) is 0 Å². The van der Waals surface area contributed by atoms with Crippen molar-refractivity contribution in [3.8, 4) is 0 Å². The lowest BCUT2D eigenvalue weighted by Crippen LogP contribution is -2.07. The van der Waals surface area contributed by atoms with E-state index in [2.05, 4.69) is 0 Å². The van der Waals surface area contributed by atoms with Gasteiger partial charge in [0.05, 0.1) is 24.7 Å². The molecule has 0 bridgehead atoms. The van der Waals surface area contributed by atoms with Crippen molar-refractivity contribution >= 4 is 54.0 Å². The molecular weight excluding hydrogens is 439 g/mol. The summed E-state index contributed by atoms with van der Waals surface area (Å²) in [4.78, 5) is -2.45. The van der Waals surface area contributed by atoms with E-state index in [1.54, 1.807) is 0 Å². The summed E-state index contributed by atoms with van der Waals surface area (Å²) >= 11 is 11.3. The van der Waals surface area contributed by atoms with Crippen molar-refractivity contribution in [2.24, 2.45) is 0 Å². The van der Waals surface area contributed by atoms with Gasteiger partial charge >= 0.3 is 0 Å². The maximum Gasteiger partial charge on any atom is 0.296 e. The molecule has 2 rings (SSSR count). The Bertz CT molecular complexity index is 1040. The highest BCUT2D eigenvalue weighted by atomic mass is 35.5. The third-order valence-corrected chi connectivity index (χ3v) is 7.45. The van der Waals surface area contributed by atoms with Crippen LogP contribution in [0.25, 0.3) is 0 Å². The molecule has 0 unspecified atom stereocenters. The zero-order valence-corrected chi connectivity index (χ0v) is 15.8. The molecule has 0 saturated heterocycles. The number of halogens is 2. The van der Waals surface area contributed by atoms with Crippen LogP contribution in [0.4, 0.5) is 0 Å². The van der Waals surface area contributed by atoms with Gasteiger partial charge in [0.15, 0.2) is 0 Å². The van der Waals surface area contributed by atoms with Crippen LogP contribution < -0.4 is 0 Å². The smallest absolute Gasteiger partial charge is 0.296 e. The van der Waals surface area contributed by atoms with Gasteiger partial charge in [-0.1, -0.05) is 23.2 Å². The minimum Gasteiger partial charge on any atom is -0.304 e. The second-order valence-electron chi connectivity index (χ2n) is 4.68. The van der Waals surface area contributed by atoms with Crippen molar-refractivity contribution in [3.63, 3.8) is 0 Å². The fourth-order valence-corrected chi connectivity index (χ4v) is 5.35. The van der Waals surface area contributed by atoms with E-state index in [-0.39, 0.29) is 10.0 Å². The number of hydrogen-bond acceptors (Lipinski definition) is 7. The second-order valence-corrected chi connectivity index (χ2v) is 10.3. The van der Waals surface area contributed by atoms with Gasteiger partial charge in [-0.2, -0.15) is 8.42 Å². The number of benzene rings is 2. The molecule has 0 amide bonds. The third-order valence-electron chi connectivity index (χ3n) is 3.00. The standard InChI is InChI=1S/C12H10Cl2O8S3/c13-9-3-1-7(5-11(9)24(17,18)19)23(15,16)8-2-4-10(14)12(6-8)25(20,21)22/h1-6,17-19H,(H,20,21,22). The van der Waals surface area contributed by atoms with E-state index in [4.69, 9.17) is 27.8 Å². The lowest BCUT2D eigenvalue weighted by Gasteiger charge is -2.21. The molecule has 8 nitrogen and oxygen atoms in total. The van der Waals surface area contributed by atoms with Crippen LogP contribution in [0.15, 0.2) is 56.0 Å². The average molecular weight is 449 g/mol. The Kier molecular flexibility index (Phi) is 5.46. The molecule has 0 aromatic heterocycles. The van der Waals surface area contributed by atoms with Crippen LogP contribution in [-0.2, 0) is 20.0 Å². The summed E-state index contributed by atoms with van der Waals surface area (Å²) in [5.74, 6) is 0. The van der Waals surface area contributed by atoms with Crippen LogP contribution in [0.2, 0.25) is 10.0 Å². The van der Waals surface area contributed by atoms with Gasteiger partial charge in [-0.25, -0.2) is 8.42 Å². The molecule has 0 aliphatic rings. The van der Waals surface area contributed by atoms with Gasteiger partial charge in [0.2, 0.25) is 9.84 Å². The Morgan fingerprint density at radius 3 is 1.48 bits per heavy atom. The molecule has 13 heteroatoms. The van der Waals surface area contributed by atoms with Crippen LogP contribution in [0, 0.1) is 0 Å². The van der Waals surface area contributed by atoms with Gasteiger partial charge in [0.1, 0.15) is 15.8 Å². The van der Waals surface area contributed by atoms with E-state index in [0.717, 1.165) is 30.3 Å². The van der Waals surface area contributed by atoms with Crippen molar-refractivity contribution in [2.75, 3.05) is 0 Å². The van der Waals surface area contributed by atoms with Crippen LogP contribution >= 0.6 is 34.1 Å². The summed E-state index contributed by atoms with van der Waals surface area (Å²) in [7, 11) is -13.4. The second kappa shape index (κ2) is 6.68. The van der Waals surface area contributed by atoms with Gasteiger partial charge in [-0.15, -0.1) is 0 Å². The Morgan fingerprint density at radius 2 is 1.08 bits per heavy atom. The molecule has 4 N–H and O–H groups in total. The first-order chi connectivity index (χ1) is 11.2. The van der Waals surface area contributed by atoms with Crippen LogP contribution in [0.3, 0.4) is 0 Å². The first-order valence-corrected chi connectivity index (χ1v) is 11.3. The van der Waals surface area contributed by atoms with E-state index in [9.17, 15) is 30.5 Å². The molecule has 25 heavy (non-hydrogen) atoms. The minimum atomic E-state index is -4.77. The maximum absolute atomic E-state index is 12.6. The number of sulfone groups is 1. The van der Waals surface area contributed by atoms with Gasteiger partial charge in [0.25, 0.3) is 10.1 Å². The molecular formula is C12H10Cl2O8S3. The van der Waals surface area contributed by atoms with Gasteiger partial charge in [0, 0.05) is 0 Å². The molecule has 2 aromatic carbocycles. The molecule has 2 aromatic rings. The number of rotatable bonds is 4. The lowest BCUT2D eigenvalue weighted by atomic mass is 10.3. The molecule has 0 spiro atoms. The predicted molar refractivity (Wildman–Crippen MR) is 91.9 cm³/mol. The zero-order valence-electron chi connectivity index (χ0n) is 11.9. The highest BCUT2D eigenvalue weighted by molar-refractivity contribution is 8.19. The topological polar surface area (TPSA) is 149 Å². The van der Waals surface area contributed by atoms with Crippen molar-refractivity contribution in [1.29, 1.82) is 0 Å². The van der Waals surface area contributed by atoms with E-state index < -0.39 is 50.4 Å². The molecule has 0 fully saturated rings. The Hall–Kier alpha value is -0.890. The highest BCUT2D eigenvalue weighted by Gasteiger charge is 2.26. The van der Waals surface area contributed by atoms with E-state index in [0.29, 0.717) is 6.07 Å². The highest BCUT2D eigenvalue weighted by Crippen LogP contribution is 2.48. The lowest BCUT2D eigenvalue weighted by molar-refractivity contribution is 0.376. The largest absolute Gasteiger partial charge is 0.304 e.